The molecule has 2 nitrogen and oxygen atoms in total. The fourth-order valence-corrected chi connectivity index (χ4v) is 2.90. The molecule has 0 aromatic heterocycles. The number of piperazine rings is 1. The van der Waals surface area contributed by atoms with Crippen molar-refractivity contribution in [1.82, 2.24) is 10.2 Å². The zero-order valence-corrected chi connectivity index (χ0v) is 8.97. The summed E-state index contributed by atoms with van der Waals surface area (Å²) in [5.74, 6) is 0. The molecule has 0 amide bonds. The van der Waals surface area contributed by atoms with Gasteiger partial charge in [0.2, 0.25) is 0 Å². The Morgan fingerprint density at radius 1 is 1.38 bits per heavy atom. The molecule has 1 unspecified atom stereocenters. The molecular weight excluding hydrogens is 160 g/mol. The van der Waals surface area contributed by atoms with Crippen LogP contribution >= 0.6 is 0 Å². The minimum Gasteiger partial charge on any atom is -0.308 e. The highest BCUT2D eigenvalue weighted by molar-refractivity contribution is 4.99. The van der Waals surface area contributed by atoms with Crippen molar-refractivity contribution in [2.24, 2.45) is 0 Å². The second kappa shape index (κ2) is 3.58. The van der Waals surface area contributed by atoms with Crippen LogP contribution in [0.1, 0.15) is 39.5 Å². The smallest absolute Gasteiger partial charge is 0.0309 e. The van der Waals surface area contributed by atoms with Crippen molar-refractivity contribution in [1.29, 1.82) is 0 Å². The number of likely N-dealkylation sites (N-methyl/N-ethyl adjacent to an activating group) is 1. The summed E-state index contributed by atoms with van der Waals surface area (Å²) in [5.41, 5.74) is 0.502. The standard InChI is InChI=1S/C11H22N2/c1-3-13-9-11(6-4-5-7-11)12-8-10(13)2/h10,12H,3-9H2,1-2H3. The van der Waals surface area contributed by atoms with Gasteiger partial charge in [0.1, 0.15) is 0 Å². The molecular formula is C11H22N2. The van der Waals surface area contributed by atoms with E-state index in [0.29, 0.717) is 5.54 Å². The molecule has 1 aliphatic carbocycles. The largest absolute Gasteiger partial charge is 0.308 e. The van der Waals surface area contributed by atoms with Gasteiger partial charge in [-0.25, -0.2) is 0 Å². The van der Waals surface area contributed by atoms with Crippen LogP contribution in [0.15, 0.2) is 0 Å². The lowest BCUT2D eigenvalue weighted by Crippen LogP contribution is -2.62. The van der Waals surface area contributed by atoms with E-state index in [4.69, 9.17) is 0 Å². The maximum Gasteiger partial charge on any atom is 0.0309 e. The van der Waals surface area contributed by atoms with Gasteiger partial charge in [0, 0.05) is 24.7 Å². The second-order valence-electron chi connectivity index (χ2n) is 4.78. The highest BCUT2D eigenvalue weighted by Gasteiger charge is 2.39. The van der Waals surface area contributed by atoms with Crippen molar-refractivity contribution in [3.63, 3.8) is 0 Å². The SMILES string of the molecule is CCN1CC2(CCCC2)NCC1C. The molecule has 0 aromatic rings. The molecule has 13 heavy (non-hydrogen) atoms. The van der Waals surface area contributed by atoms with Gasteiger partial charge in [-0.15, -0.1) is 0 Å². The first-order valence-corrected chi connectivity index (χ1v) is 5.75. The highest BCUT2D eigenvalue weighted by atomic mass is 15.2. The molecule has 0 bridgehead atoms. The molecule has 1 N–H and O–H groups in total. The van der Waals surface area contributed by atoms with Gasteiger partial charge in [-0.3, -0.25) is 4.90 Å². The van der Waals surface area contributed by atoms with E-state index in [1.165, 1.54) is 45.3 Å². The Bertz CT molecular complexity index is 173. The summed E-state index contributed by atoms with van der Waals surface area (Å²) in [6, 6.07) is 0.733. The van der Waals surface area contributed by atoms with Gasteiger partial charge in [0.25, 0.3) is 0 Å². The number of rotatable bonds is 1. The Hall–Kier alpha value is -0.0800. The summed E-state index contributed by atoms with van der Waals surface area (Å²) in [6.45, 7) is 8.30. The van der Waals surface area contributed by atoms with Crippen LogP contribution in [0.2, 0.25) is 0 Å². The van der Waals surface area contributed by atoms with Gasteiger partial charge in [-0.1, -0.05) is 19.8 Å². The number of hydrogen-bond acceptors (Lipinski definition) is 2. The molecule has 2 aliphatic rings. The maximum absolute atomic E-state index is 3.77. The molecule has 1 aliphatic heterocycles. The average molecular weight is 182 g/mol. The van der Waals surface area contributed by atoms with Crippen molar-refractivity contribution in [3.8, 4) is 0 Å². The van der Waals surface area contributed by atoms with E-state index >= 15 is 0 Å². The first kappa shape index (κ1) is 9.47. The number of hydrogen-bond donors (Lipinski definition) is 1. The number of nitrogens with one attached hydrogen (secondary N) is 1. The Kier molecular flexibility index (Phi) is 2.61. The fraction of sp³-hybridized carbons (Fsp3) is 1.00. The molecule has 1 heterocycles. The van der Waals surface area contributed by atoms with Gasteiger partial charge in [0.05, 0.1) is 0 Å². The third-order valence-electron chi connectivity index (χ3n) is 3.87. The van der Waals surface area contributed by atoms with E-state index in [-0.39, 0.29) is 0 Å². The summed E-state index contributed by atoms with van der Waals surface area (Å²) in [5, 5.41) is 3.77. The molecule has 1 saturated heterocycles. The molecule has 2 rings (SSSR count). The summed E-state index contributed by atoms with van der Waals surface area (Å²) in [6.07, 6.45) is 5.66. The van der Waals surface area contributed by atoms with Crippen LogP contribution in [0.3, 0.4) is 0 Å². The van der Waals surface area contributed by atoms with Crippen molar-refractivity contribution in [3.05, 3.63) is 0 Å². The van der Waals surface area contributed by atoms with Gasteiger partial charge >= 0.3 is 0 Å². The molecule has 2 fully saturated rings. The van der Waals surface area contributed by atoms with Crippen molar-refractivity contribution in [2.45, 2.75) is 51.1 Å². The maximum atomic E-state index is 3.77. The van der Waals surface area contributed by atoms with E-state index in [0.717, 1.165) is 6.04 Å². The van der Waals surface area contributed by atoms with Crippen LogP contribution in [0, 0.1) is 0 Å². The molecule has 1 atom stereocenters. The lowest BCUT2D eigenvalue weighted by molar-refractivity contribution is 0.0945. The minimum atomic E-state index is 0.502. The van der Waals surface area contributed by atoms with E-state index in [1.807, 2.05) is 0 Å². The lowest BCUT2D eigenvalue weighted by Gasteiger charge is -2.45. The van der Waals surface area contributed by atoms with E-state index in [2.05, 4.69) is 24.1 Å². The fourth-order valence-electron chi connectivity index (χ4n) is 2.90. The van der Waals surface area contributed by atoms with Gasteiger partial charge in [-0.05, 0) is 26.3 Å². The van der Waals surface area contributed by atoms with Gasteiger partial charge in [0.15, 0.2) is 0 Å². The van der Waals surface area contributed by atoms with Crippen molar-refractivity contribution in [2.75, 3.05) is 19.6 Å². The summed E-state index contributed by atoms with van der Waals surface area (Å²) in [7, 11) is 0. The van der Waals surface area contributed by atoms with Crippen LogP contribution in [0.25, 0.3) is 0 Å². The summed E-state index contributed by atoms with van der Waals surface area (Å²) in [4.78, 5) is 2.63. The topological polar surface area (TPSA) is 15.3 Å². The Morgan fingerprint density at radius 2 is 2.08 bits per heavy atom. The van der Waals surface area contributed by atoms with Crippen LogP contribution in [-0.2, 0) is 0 Å². The molecule has 0 radical (unpaired) electrons. The number of nitrogens with zero attached hydrogens (tertiary/aromatic N) is 1. The second-order valence-corrected chi connectivity index (χ2v) is 4.78. The zero-order valence-electron chi connectivity index (χ0n) is 8.97. The van der Waals surface area contributed by atoms with Crippen LogP contribution in [0.5, 0.6) is 0 Å². The van der Waals surface area contributed by atoms with Gasteiger partial charge < -0.3 is 5.32 Å². The van der Waals surface area contributed by atoms with E-state index in [9.17, 15) is 0 Å². The Morgan fingerprint density at radius 3 is 2.69 bits per heavy atom. The predicted molar refractivity (Wildman–Crippen MR) is 55.9 cm³/mol. The molecule has 76 valence electrons. The zero-order chi connectivity index (χ0) is 9.31. The van der Waals surface area contributed by atoms with Crippen LogP contribution in [0.4, 0.5) is 0 Å². The predicted octanol–water partition coefficient (Wildman–Crippen LogP) is 1.61. The van der Waals surface area contributed by atoms with Crippen molar-refractivity contribution >= 4 is 0 Å². The summed E-state index contributed by atoms with van der Waals surface area (Å²) >= 11 is 0. The third kappa shape index (κ3) is 1.75. The van der Waals surface area contributed by atoms with E-state index in [1.54, 1.807) is 0 Å². The molecule has 0 aromatic carbocycles. The Balaban J connectivity index is 2.01. The van der Waals surface area contributed by atoms with Crippen LogP contribution in [-0.4, -0.2) is 36.1 Å². The van der Waals surface area contributed by atoms with Gasteiger partial charge in [-0.2, -0.15) is 0 Å². The van der Waals surface area contributed by atoms with E-state index < -0.39 is 0 Å². The Labute approximate surface area is 81.7 Å². The molecule has 1 spiro atoms. The summed E-state index contributed by atoms with van der Waals surface area (Å²) < 4.78 is 0. The average Bonchev–Trinajstić information content (AvgIpc) is 2.59. The third-order valence-corrected chi connectivity index (χ3v) is 3.87. The minimum absolute atomic E-state index is 0.502. The first-order valence-electron chi connectivity index (χ1n) is 5.75. The lowest BCUT2D eigenvalue weighted by atomic mass is 9.93. The van der Waals surface area contributed by atoms with Crippen LogP contribution < -0.4 is 5.32 Å². The highest BCUT2D eigenvalue weighted by Crippen LogP contribution is 2.32. The molecule has 1 saturated carbocycles. The first-order chi connectivity index (χ1) is 6.26. The quantitative estimate of drug-likeness (QED) is 0.663. The molecule has 2 heteroatoms. The monoisotopic (exact) mass is 182 g/mol. The normalized spacial score (nSPS) is 34.2. The van der Waals surface area contributed by atoms with Crippen molar-refractivity contribution < 1.29 is 0 Å².